The van der Waals surface area contributed by atoms with Crippen LogP contribution < -0.4 is 0 Å². The van der Waals surface area contributed by atoms with Crippen LogP contribution in [0.15, 0.2) is 12.2 Å². The largest absolute Gasteiger partial charge is 0.193 e. The molecule has 0 rings (SSSR count). The van der Waals surface area contributed by atoms with Crippen LogP contribution in [-0.2, 0) is 0 Å². The Hall–Kier alpha value is -0.770. The number of rotatable bonds is 6. The van der Waals surface area contributed by atoms with Gasteiger partial charge in [-0.25, -0.2) is 0 Å². The molecule has 0 heterocycles. The van der Waals surface area contributed by atoms with Gasteiger partial charge in [0.1, 0.15) is 0 Å². The molecule has 1 nitrogen and oxygen atoms in total. The van der Waals surface area contributed by atoms with Gasteiger partial charge in [0.15, 0.2) is 0 Å². The van der Waals surface area contributed by atoms with Crippen LogP contribution in [0.4, 0.5) is 0 Å². The topological polar surface area (TPSA) is 23.8 Å². The predicted octanol–water partition coefficient (Wildman–Crippen LogP) is 3.67. The fourth-order valence-electron chi connectivity index (χ4n) is 1.36. The average Bonchev–Trinajstić information content (AvgIpc) is 2.04. The third-order valence-corrected chi connectivity index (χ3v) is 2.12. The maximum absolute atomic E-state index is 8.45. The van der Waals surface area contributed by atoms with Crippen molar-refractivity contribution in [3.8, 4) is 6.07 Å². The van der Waals surface area contributed by atoms with Crippen molar-refractivity contribution in [1.29, 1.82) is 5.26 Å². The van der Waals surface area contributed by atoms with Crippen molar-refractivity contribution >= 4 is 0 Å². The maximum atomic E-state index is 8.45. The molecule has 0 saturated heterocycles. The fraction of sp³-hybridized carbons (Fsp3) is 0.727. The highest BCUT2D eigenvalue weighted by Crippen LogP contribution is 2.15. The highest BCUT2D eigenvalue weighted by atomic mass is 14.2. The zero-order valence-corrected chi connectivity index (χ0v) is 8.27. The van der Waals surface area contributed by atoms with E-state index in [0.717, 1.165) is 24.3 Å². The second-order valence-electron chi connectivity index (χ2n) is 3.50. The SMILES string of the molecule is C=C(C#N)CCCC(C)CCC. The first-order valence-corrected chi connectivity index (χ1v) is 4.78. The lowest BCUT2D eigenvalue weighted by Gasteiger charge is -2.08. The number of nitriles is 1. The van der Waals surface area contributed by atoms with Gasteiger partial charge in [-0.1, -0.05) is 39.7 Å². The van der Waals surface area contributed by atoms with Crippen LogP contribution in [0.2, 0.25) is 0 Å². The van der Waals surface area contributed by atoms with E-state index in [1.165, 1.54) is 19.3 Å². The minimum absolute atomic E-state index is 0.721. The summed E-state index contributed by atoms with van der Waals surface area (Å²) in [6.07, 6.45) is 5.80. The first-order chi connectivity index (χ1) is 5.70. The highest BCUT2D eigenvalue weighted by molar-refractivity contribution is 5.15. The van der Waals surface area contributed by atoms with E-state index in [9.17, 15) is 0 Å². The average molecular weight is 165 g/mol. The molecule has 0 radical (unpaired) electrons. The first-order valence-electron chi connectivity index (χ1n) is 4.78. The van der Waals surface area contributed by atoms with Crippen molar-refractivity contribution in [3.05, 3.63) is 12.2 Å². The number of hydrogen-bond acceptors (Lipinski definition) is 1. The van der Waals surface area contributed by atoms with Gasteiger partial charge in [-0.15, -0.1) is 0 Å². The molecule has 1 unspecified atom stereocenters. The predicted molar refractivity (Wildman–Crippen MR) is 52.7 cm³/mol. The lowest BCUT2D eigenvalue weighted by molar-refractivity contribution is 0.470. The van der Waals surface area contributed by atoms with Gasteiger partial charge in [0, 0.05) is 5.57 Å². The van der Waals surface area contributed by atoms with Crippen LogP contribution in [-0.4, -0.2) is 0 Å². The van der Waals surface area contributed by atoms with Gasteiger partial charge in [0.05, 0.1) is 6.07 Å². The molecule has 0 spiro atoms. The Kier molecular flexibility index (Phi) is 6.47. The molecular formula is C11H19N. The molecular weight excluding hydrogens is 146 g/mol. The summed E-state index contributed by atoms with van der Waals surface area (Å²) in [6.45, 7) is 8.14. The number of nitrogens with zero attached hydrogens (tertiary/aromatic N) is 1. The lowest BCUT2D eigenvalue weighted by atomic mass is 9.98. The Balaban J connectivity index is 3.32. The molecule has 12 heavy (non-hydrogen) atoms. The van der Waals surface area contributed by atoms with Crippen LogP contribution in [0.3, 0.4) is 0 Å². The van der Waals surface area contributed by atoms with Crippen molar-refractivity contribution in [2.24, 2.45) is 5.92 Å². The molecule has 1 atom stereocenters. The Morgan fingerprint density at radius 1 is 1.50 bits per heavy atom. The smallest absolute Gasteiger partial charge is 0.0940 e. The van der Waals surface area contributed by atoms with Crippen LogP contribution in [0.5, 0.6) is 0 Å². The summed E-state index contributed by atoms with van der Waals surface area (Å²) in [4.78, 5) is 0. The summed E-state index contributed by atoms with van der Waals surface area (Å²) >= 11 is 0. The van der Waals surface area contributed by atoms with E-state index in [0.29, 0.717) is 0 Å². The third kappa shape index (κ3) is 5.97. The van der Waals surface area contributed by atoms with Crippen LogP contribution in [0.25, 0.3) is 0 Å². The molecule has 0 aliphatic carbocycles. The van der Waals surface area contributed by atoms with E-state index in [1.54, 1.807) is 0 Å². The van der Waals surface area contributed by atoms with Crippen molar-refractivity contribution in [1.82, 2.24) is 0 Å². The van der Waals surface area contributed by atoms with Gasteiger partial charge in [0.2, 0.25) is 0 Å². The molecule has 1 heteroatoms. The molecule has 0 aliphatic rings. The number of allylic oxidation sites excluding steroid dienone is 1. The zero-order chi connectivity index (χ0) is 9.40. The molecule has 0 aromatic carbocycles. The standard InChI is InChI=1S/C11H19N/c1-4-6-10(2)7-5-8-11(3)9-12/h10H,3-8H2,1-2H3. The van der Waals surface area contributed by atoms with Gasteiger partial charge < -0.3 is 0 Å². The minimum Gasteiger partial charge on any atom is -0.193 e. The van der Waals surface area contributed by atoms with Crippen molar-refractivity contribution in [3.63, 3.8) is 0 Å². The monoisotopic (exact) mass is 165 g/mol. The zero-order valence-electron chi connectivity index (χ0n) is 8.27. The van der Waals surface area contributed by atoms with E-state index < -0.39 is 0 Å². The summed E-state index contributed by atoms with van der Waals surface area (Å²) < 4.78 is 0. The minimum atomic E-state index is 0.721. The van der Waals surface area contributed by atoms with E-state index in [2.05, 4.69) is 26.5 Å². The van der Waals surface area contributed by atoms with Crippen molar-refractivity contribution in [2.75, 3.05) is 0 Å². The maximum Gasteiger partial charge on any atom is 0.0940 e. The summed E-state index contributed by atoms with van der Waals surface area (Å²) in [5.74, 6) is 0.807. The molecule has 68 valence electrons. The van der Waals surface area contributed by atoms with Gasteiger partial charge in [0.25, 0.3) is 0 Å². The molecule has 0 saturated carbocycles. The Morgan fingerprint density at radius 3 is 2.67 bits per heavy atom. The number of hydrogen-bond donors (Lipinski definition) is 0. The van der Waals surface area contributed by atoms with Gasteiger partial charge in [-0.05, 0) is 18.8 Å². The van der Waals surface area contributed by atoms with Crippen molar-refractivity contribution < 1.29 is 0 Å². The summed E-state index contributed by atoms with van der Waals surface area (Å²) in [6, 6.07) is 2.08. The normalized spacial score (nSPS) is 12.1. The molecule has 0 bridgehead atoms. The van der Waals surface area contributed by atoms with E-state index >= 15 is 0 Å². The first kappa shape index (κ1) is 11.2. The van der Waals surface area contributed by atoms with E-state index in [-0.39, 0.29) is 0 Å². The molecule has 0 amide bonds. The third-order valence-electron chi connectivity index (χ3n) is 2.12. The molecule has 0 fully saturated rings. The quantitative estimate of drug-likeness (QED) is 0.551. The fourth-order valence-corrected chi connectivity index (χ4v) is 1.36. The Morgan fingerprint density at radius 2 is 2.17 bits per heavy atom. The van der Waals surface area contributed by atoms with Gasteiger partial charge in [-0.2, -0.15) is 5.26 Å². The highest BCUT2D eigenvalue weighted by Gasteiger charge is 2.00. The van der Waals surface area contributed by atoms with Crippen LogP contribution in [0, 0.1) is 17.2 Å². The summed E-state index contributed by atoms with van der Waals surface area (Å²) in [7, 11) is 0. The molecule has 0 aromatic rings. The Labute approximate surface area is 76.1 Å². The van der Waals surface area contributed by atoms with Crippen LogP contribution >= 0.6 is 0 Å². The van der Waals surface area contributed by atoms with Gasteiger partial charge >= 0.3 is 0 Å². The van der Waals surface area contributed by atoms with Gasteiger partial charge in [-0.3, -0.25) is 0 Å². The Bertz CT molecular complexity index is 164. The van der Waals surface area contributed by atoms with Crippen LogP contribution in [0.1, 0.15) is 46.0 Å². The molecule has 0 aromatic heterocycles. The van der Waals surface area contributed by atoms with Crippen molar-refractivity contribution in [2.45, 2.75) is 46.0 Å². The van der Waals surface area contributed by atoms with E-state index in [4.69, 9.17) is 5.26 Å². The molecule has 0 N–H and O–H groups in total. The second kappa shape index (κ2) is 6.91. The van der Waals surface area contributed by atoms with E-state index in [1.807, 2.05) is 0 Å². The molecule has 0 aliphatic heterocycles. The summed E-state index contributed by atoms with van der Waals surface area (Å²) in [5, 5.41) is 8.45. The lowest BCUT2D eigenvalue weighted by Crippen LogP contribution is -1.93. The second-order valence-corrected chi connectivity index (χ2v) is 3.50. The summed E-state index contributed by atoms with van der Waals surface area (Å²) in [5.41, 5.74) is 0.721.